The van der Waals surface area contributed by atoms with E-state index in [-0.39, 0.29) is 30.4 Å². The molecule has 0 aliphatic heterocycles. The van der Waals surface area contributed by atoms with Crippen molar-refractivity contribution in [3.05, 3.63) is 69.7 Å². The van der Waals surface area contributed by atoms with Crippen LogP contribution in [0.15, 0.2) is 47.8 Å². The molecule has 0 radical (unpaired) electrons. The Morgan fingerprint density at radius 3 is 2.30 bits per heavy atom. The molecule has 0 saturated heterocycles. The topological polar surface area (TPSA) is 109 Å². The van der Waals surface area contributed by atoms with E-state index in [0.29, 0.717) is 22.0 Å². The van der Waals surface area contributed by atoms with E-state index in [1.165, 1.54) is 24.5 Å². The number of rotatable bonds is 10. The van der Waals surface area contributed by atoms with E-state index in [1.807, 2.05) is 52.0 Å². The molecule has 0 aliphatic rings. The van der Waals surface area contributed by atoms with Gasteiger partial charge < -0.3 is 20.7 Å². The van der Waals surface area contributed by atoms with Gasteiger partial charge in [-0.25, -0.2) is 4.98 Å². The maximum absolute atomic E-state index is 12.9. The van der Waals surface area contributed by atoms with Gasteiger partial charge in [-0.3, -0.25) is 14.4 Å². The normalized spacial score (nSPS) is 11.8. The Morgan fingerprint density at radius 1 is 1.00 bits per heavy atom. The van der Waals surface area contributed by atoms with Gasteiger partial charge in [-0.1, -0.05) is 35.9 Å². The van der Waals surface area contributed by atoms with Crippen LogP contribution in [0, 0.1) is 0 Å². The van der Waals surface area contributed by atoms with E-state index in [9.17, 15) is 14.4 Å². The second-order valence-electron chi connectivity index (χ2n) is 9.02. The molecule has 3 aromatic rings. The van der Waals surface area contributed by atoms with Crippen molar-refractivity contribution in [2.24, 2.45) is 0 Å². The fourth-order valence-electron chi connectivity index (χ4n) is 3.48. The molecule has 1 heterocycles. The van der Waals surface area contributed by atoms with Gasteiger partial charge in [0, 0.05) is 36.0 Å². The summed E-state index contributed by atoms with van der Waals surface area (Å²) in [5, 5.41) is 11.0. The van der Waals surface area contributed by atoms with E-state index in [2.05, 4.69) is 20.9 Å². The molecule has 0 aliphatic carbocycles. The zero-order chi connectivity index (χ0) is 27.1. The number of carbonyl (C=O) groups is 3. The van der Waals surface area contributed by atoms with Crippen LogP contribution in [0.5, 0.6) is 5.75 Å². The van der Waals surface area contributed by atoms with Gasteiger partial charge in [0.1, 0.15) is 22.5 Å². The van der Waals surface area contributed by atoms with Gasteiger partial charge in [0.25, 0.3) is 11.8 Å². The SMILES string of the molecule is CNC(=O)C(Cc1ccc(-c2nc(C(=O)NC(C)C)cs2)cc1)NC(=O)c1ccc(OC(C)C)c(Cl)c1. The molecule has 1 unspecified atom stereocenters. The molecule has 8 nitrogen and oxygen atoms in total. The smallest absolute Gasteiger partial charge is 0.270 e. The number of hydrogen-bond donors (Lipinski definition) is 3. The fourth-order valence-corrected chi connectivity index (χ4v) is 4.51. The van der Waals surface area contributed by atoms with Crippen molar-refractivity contribution < 1.29 is 19.1 Å². The summed E-state index contributed by atoms with van der Waals surface area (Å²) in [5.41, 5.74) is 2.41. The Bertz CT molecular complexity index is 1260. The van der Waals surface area contributed by atoms with Crippen LogP contribution >= 0.6 is 22.9 Å². The molecule has 3 N–H and O–H groups in total. The lowest BCUT2D eigenvalue weighted by atomic mass is 10.0. The van der Waals surface area contributed by atoms with Crippen LogP contribution in [0.3, 0.4) is 0 Å². The Balaban J connectivity index is 1.70. The van der Waals surface area contributed by atoms with Crippen molar-refractivity contribution in [2.45, 2.75) is 52.3 Å². The zero-order valence-electron chi connectivity index (χ0n) is 21.4. The minimum Gasteiger partial charge on any atom is -0.489 e. The van der Waals surface area contributed by atoms with E-state index in [1.54, 1.807) is 17.5 Å². The molecular weight excluding hydrogens is 512 g/mol. The summed E-state index contributed by atoms with van der Waals surface area (Å²) < 4.78 is 5.61. The first-order valence-electron chi connectivity index (χ1n) is 11.9. The van der Waals surface area contributed by atoms with Crippen LogP contribution < -0.4 is 20.7 Å². The van der Waals surface area contributed by atoms with E-state index < -0.39 is 11.9 Å². The van der Waals surface area contributed by atoms with Crippen LogP contribution in [0.4, 0.5) is 0 Å². The number of benzene rings is 2. The third-order valence-corrected chi connectivity index (χ3v) is 6.41. The number of nitrogens with one attached hydrogen (secondary N) is 3. The van der Waals surface area contributed by atoms with Gasteiger partial charge in [-0.15, -0.1) is 11.3 Å². The van der Waals surface area contributed by atoms with Crippen molar-refractivity contribution in [3.63, 3.8) is 0 Å². The molecule has 3 rings (SSSR count). The molecule has 0 bridgehead atoms. The third kappa shape index (κ3) is 7.77. The molecular formula is C27H31ClN4O4S. The summed E-state index contributed by atoms with van der Waals surface area (Å²) in [6.45, 7) is 7.56. The largest absolute Gasteiger partial charge is 0.489 e. The second-order valence-corrected chi connectivity index (χ2v) is 10.3. The number of carbonyl (C=O) groups excluding carboxylic acids is 3. The summed E-state index contributed by atoms with van der Waals surface area (Å²) in [7, 11) is 1.52. The van der Waals surface area contributed by atoms with Gasteiger partial charge in [0.2, 0.25) is 5.91 Å². The van der Waals surface area contributed by atoms with Crippen molar-refractivity contribution in [1.29, 1.82) is 0 Å². The van der Waals surface area contributed by atoms with Crippen LogP contribution in [0.25, 0.3) is 10.6 Å². The number of likely N-dealkylation sites (N-methyl/N-ethyl adjacent to an activating group) is 1. The predicted octanol–water partition coefficient (Wildman–Crippen LogP) is 4.48. The van der Waals surface area contributed by atoms with E-state index in [4.69, 9.17) is 16.3 Å². The molecule has 3 amide bonds. The molecule has 10 heteroatoms. The molecule has 37 heavy (non-hydrogen) atoms. The number of aromatic nitrogens is 1. The first-order chi connectivity index (χ1) is 17.6. The predicted molar refractivity (Wildman–Crippen MR) is 146 cm³/mol. The number of halogens is 1. The molecule has 2 aromatic carbocycles. The summed E-state index contributed by atoms with van der Waals surface area (Å²) >= 11 is 7.65. The highest BCUT2D eigenvalue weighted by Gasteiger charge is 2.22. The van der Waals surface area contributed by atoms with Crippen molar-refractivity contribution in [2.75, 3.05) is 7.05 Å². The maximum atomic E-state index is 12.9. The van der Waals surface area contributed by atoms with Gasteiger partial charge >= 0.3 is 0 Å². The van der Waals surface area contributed by atoms with Gasteiger partial charge in [0.15, 0.2) is 0 Å². The average Bonchev–Trinajstić information content (AvgIpc) is 3.34. The summed E-state index contributed by atoms with van der Waals surface area (Å²) in [5.74, 6) is -0.451. The highest BCUT2D eigenvalue weighted by atomic mass is 35.5. The van der Waals surface area contributed by atoms with E-state index >= 15 is 0 Å². The maximum Gasteiger partial charge on any atom is 0.270 e. The summed E-state index contributed by atoms with van der Waals surface area (Å²) in [4.78, 5) is 42.0. The minimum absolute atomic E-state index is 0.0286. The fraction of sp³-hybridized carbons (Fsp3) is 0.333. The Hall–Kier alpha value is -3.43. The van der Waals surface area contributed by atoms with Crippen LogP contribution in [0.1, 0.15) is 54.1 Å². The Labute approximate surface area is 225 Å². The lowest BCUT2D eigenvalue weighted by molar-refractivity contribution is -0.122. The minimum atomic E-state index is -0.792. The second kappa shape index (κ2) is 12.7. The van der Waals surface area contributed by atoms with E-state index in [0.717, 1.165) is 16.1 Å². The lowest BCUT2D eigenvalue weighted by Crippen LogP contribution is -2.47. The first-order valence-corrected chi connectivity index (χ1v) is 13.2. The number of nitrogens with zero attached hydrogens (tertiary/aromatic N) is 1. The van der Waals surface area contributed by atoms with Gasteiger partial charge in [-0.2, -0.15) is 0 Å². The van der Waals surface area contributed by atoms with Crippen molar-refractivity contribution >= 4 is 40.7 Å². The Morgan fingerprint density at radius 2 is 1.70 bits per heavy atom. The number of hydrogen-bond acceptors (Lipinski definition) is 6. The lowest BCUT2D eigenvalue weighted by Gasteiger charge is -2.18. The summed E-state index contributed by atoms with van der Waals surface area (Å²) in [6.07, 6.45) is 0.233. The van der Waals surface area contributed by atoms with Crippen LogP contribution in [-0.2, 0) is 11.2 Å². The number of amides is 3. The highest BCUT2D eigenvalue weighted by Crippen LogP contribution is 2.27. The van der Waals surface area contributed by atoms with Crippen LogP contribution in [0.2, 0.25) is 5.02 Å². The van der Waals surface area contributed by atoms with Crippen LogP contribution in [-0.4, -0.2) is 47.9 Å². The molecule has 0 fully saturated rings. The average molecular weight is 543 g/mol. The third-order valence-electron chi connectivity index (χ3n) is 5.22. The highest BCUT2D eigenvalue weighted by molar-refractivity contribution is 7.13. The van der Waals surface area contributed by atoms with Gasteiger partial charge in [0.05, 0.1) is 11.1 Å². The summed E-state index contributed by atoms with van der Waals surface area (Å²) in [6, 6.07) is 11.5. The molecule has 1 atom stereocenters. The first kappa shape index (κ1) is 28.1. The monoisotopic (exact) mass is 542 g/mol. The molecule has 0 saturated carbocycles. The molecule has 1 aromatic heterocycles. The van der Waals surface area contributed by atoms with Crippen molar-refractivity contribution in [1.82, 2.24) is 20.9 Å². The Kier molecular flexibility index (Phi) is 9.66. The molecule has 0 spiro atoms. The molecule has 196 valence electrons. The van der Waals surface area contributed by atoms with Gasteiger partial charge in [-0.05, 0) is 51.5 Å². The number of ether oxygens (including phenoxy) is 1. The zero-order valence-corrected chi connectivity index (χ0v) is 23.0. The van der Waals surface area contributed by atoms with Crippen molar-refractivity contribution in [3.8, 4) is 16.3 Å². The quantitative estimate of drug-likeness (QED) is 0.350. The standard InChI is InChI=1S/C27H31ClN4O4S/c1-15(2)30-26(35)22-14-37-27(32-22)18-8-6-17(7-9-18)12-21(25(34)29-5)31-24(33)19-10-11-23(20(28)13-19)36-16(3)4/h6-11,13-16,21H,12H2,1-5H3,(H,29,34)(H,30,35)(H,31,33). The number of thiazole rings is 1.